The summed E-state index contributed by atoms with van der Waals surface area (Å²) >= 11 is 0. The summed E-state index contributed by atoms with van der Waals surface area (Å²) in [6.45, 7) is 3.69. The van der Waals surface area contributed by atoms with Crippen LogP contribution in [0.25, 0.3) is 0 Å². The van der Waals surface area contributed by atoms with Crippen molar-refractivity contribution in [3.8, 4) is 0 Å². The van der Waals surface area contributed by atoms with Crippen molar-refractivity contribution in [1.82, 2.24) is 20.2 Å². The lowest BCUT2D eigenvalue weighted by Crippen LogP contribution is -2.46. The number of likely N-dealkylation sites (tertiary alicyclic amines) is 1. The van der Waals surface area contributed by atoms with Gasteiger partial charge in [-0.3, -0.25) is 9.78 Å². The van der Waals surface area contributed by atoms with Crippen molar-refractivity contribution in [2.75, 3.05) is 25.0 Å². The first kappa shape index (κ1) is 18.8. The van der Waals surface area contributed by atoms with Gasteiger partial charge in [0.05, 0.1) is 0 Å². The molecule has 142 valence electrons. The quantitative estimate of drug-likeness (QED) is 0.849. The number of nitrogens with zero attached hydrogens (tertiary/aromatic N) is 3. The number of hydrogen-bond donors (Lipinski definition) is 2. The smallest absolute Gasteiger partial charge is 0.317 e. The van der Waals surface area contributed by atoms with Crippen LogP contribution in [0, 0.1) is 12.8 Å². The van der Waals surface area contributed by atoms with Crippen LogP contribution in [0.2, 0.25) is 0 Å². The van der Waals surface area contributed by atoms with Crippen molar-refractivity contribution in [1.29, 1.82) is 0 Å². The summed E-state index contributed by atoms with van der Waals surface area (Å²) in [5, 5.41) is 5.79. The molecule has 27 heavy (non-hydrogen) atoms. The van der Waals surface area contributed by atoms with Crippen LogP contribution < -0.4 is 10.6 Å². The lowest BCUT2D eigenvalue weighted by atomic mass is 9.96. The Balaban J connectivity index is 1.38. The maximum absolute atomic E-state index is 12.3. The third-order valence-electron chi connectivity index (χ3n) is 4.73. The second-order valence-electron chi connectivity index (χ2n) is 6.76. The Labute approximate surface area is 159 Å². The highest BCUT2D eigenvalue weighted by atomic mass is 16.2. The average molecular weight is 367 g/mol. The minimum atomic E-state index is -0.0883. The molecule has 0 atom stereocenters. The van der Waals surface area contributed by atoms with Crippen molar-refractivity contribution in [2.45, 2.75) is 26.2 Å². The zero-order chi connectivity index (χ0) is 19.1. The SMILES string of the molecule is Cc1ccc(CCNC(=O)N2CCC(C(=O)Nc3ccccn3)CC2)cn1. The van der Waals surface area contributed by atoms with Gasteiger partial charge in [-0.05, 0) is 49.9 Å². The Hall–Kier alpha value is -2.96. The molecule has 1 fully saturated rings. The van der Waals surface area contributed by atoms with Crippen LogP contribution in [-0.2, 0) is 11.2 Å². The Morgan fingerprint density at radius 1 is 1.15 bits per heavy atom. The molecule has 2 aromatic heterocycles. The lowest BCUT2D eigenvalue weighted by Gasteiger charge is -2.31. The largest absolute Gasteiger partial charge is 0.338 e. The van der Waals surface area contributed by atoms with Gasteiger partial charge in [-0.2, -0.15) is 0 Å². The van der Waals surface area contributed by atoms with E-state index < -0.39 is 0 Å². The average Bonchev–Trinajstić information content (AvgIpc) is 2.70. The van der Waals surface area contributed by atoms with Crippen LogP contribution in [0.5, 0.6) is 0 Å². The minimum absolute atomic E-state index is 0.0272. The van der Waals surface area contributed by atoms with Crippen molar-refractivity contribution < 1.29 is 9.59 Å². The van der Waals surface area contributed by atoms with Gasteiger partial charge >= 0.3 is 6.03 Å². The summed E-state index contributed by atoms with van der Waals surface area (Å²) in [4.78, 5) is 34.8. The van der Waals surface area contributed by atoms with Crippen molar-refractivity contribution in [2.24, 2.45) is 5.92 Å². The fourth-order valence-electron chi connectivity index (χ4n) is 3.08. The first-order chi connectivity index (χ1) is 13.1. The van der Waals surface area contributed by atoms with Gasteiger partial charge in [-0.15, -0.1) is 0 Å². The van der Waals surface area contributed by atoms with Crippen molar-refractivity contribution in [3.63, 3.8) is 0 Å². The summed E-state index contributed by atoms with van der Waals surface area (Å²) in [7, 11) is 0. The monoisotopic (exact) mass is 367 g/mol. The Morgan fingerprint density at radius 3 is 2.63 bits per heavy atom. The van der Waals surface area contributed by atoms with E-state index in [1.54, 1.807) is 17.2 Å². The van der Waals surface area contributed by atoms with Crippen LogP contribution in [-0.4, -0.2) is 46.4 Å². The number of carbonyl (C=O) groups is 2. The number of aryl methyl sites for hydroxylation is 1. The third-order valence-corrected chi connectivity index (χ3v) is 4.73. The van der Waals surface area contributed by atoms with Gasteiger partial charge < -0.3 is 15.5 Å². The lowest BCUT2D eigenvalue weighted by molar-refractivity contribution is -0.121. The number of carbonyl (C=O) groups excluding carboxylic acids is 2. The number of nitrogens with one attached hydrogen (secondary N) is 2. The van der Waals surface area contributed by atoms with Crippen LogP contribution in [0.15, 0.2) is 42.7 Å². The molecule has 3 heterocycles. The van der Waals surface area contributed by atoms with E-state index in [2.05, 4.69) is 20.6 Å². The highest BCUT2D eigenvalue weighted by Crippen LogP contribution is 2.19. The van der Waals surface area contributed by atoms with Gasteiger partial charge in [0, 0.05) is 43.6 Å². The molecule has 7 heteroatoms. The fourth-order valence-corrected chi connectivity index (χ4v) is 3.08. The number of piperidine rings is 1. The zero-order valence-electron chi connectivity index (χ0n) is 15.5. The molecule has 1 saturated heterocycles. The number of rotatable bonds is 5. The molecular formula is C20H25N5O2. The van der Waals surface area contributed by atoms with Crippen LogP contribution >= 0.6 is 0 Å². The topological polar surface area (TPSA) is 87.2 Å². The Kier molecular flexibility index (Phi) is 6.35. The molecular weight excluding hydrogens is 342 g/mol. The number of hydrogen-bond acceptors (Lipinski definition) is 4. The molecule has 2 N–H and O–H groups in total. The normalized spacial score (nSPS) is 14.6. The van der Waals surface area contributed by atoms with Gasteiger partial charge in [0.2, 0.25) is 5.91 Å². The number of anilines is 1. The van der Waals surface area contributed by atoms with E-state index in [0.29, 0.717) is 38.3 Å². The van der Waals surface area contributed by atoms with E-state index in [9.17, 15) is 9.59 Å². The van der Waals surface area contributed by atoms with Crippen LogP contribution in [0.3, 0.4) is 0 Å². The first-order valence-electron chi connectivity index (χ1n) is 9.28. The second kappa shape index (κ2) is 9.12. The molecule has 0 saturated carbocycles. The van der Waals surface area contributed by atoms with Crippen molar-refractivity contribution in [3.05, 3.63) is 54.0 Å². The Bertz CT molecular complexity index is 756. The number of amides is 3. The summed E-state index contributed by atoms with van der Waals surface area (Å²) in [5.41, 5.74) is 2.09. The predicted octanol–water partition coefficient (Wildman–Crippen LogP) is 2.39. The molecule has 7 nitrogen and oxygen atoms in total. The van der Waals surface area contributed by atoms with Gasteiger partial charge in [-0.25, -0.2) is 9.78 Å². The molecule has 0 aromatic carbocycles. The molecule has 0 spiro atoms. The Morgan fingerprint density at radius 2 is 1.96 bits per heavy atom. The van der Waals surface area contributed by atoms with Gasteiger partial charge in [-0.1, -0.05) is 12.1 Å². The molecule has 3 amide bonds. The molecule has 1 aliphatic heterocycles. The van der Waals surface area contributed by atoms with E-state index in [-0.39, 0.29) is 17.9 Å². The summed E-state index contributed by atoms with van der Waals surface area (Å²) in [6.07, 6.45) is 5.56. The predicted molar refractivity (Wildman–Crippen MR) is 103 cm³/mol. The molecule has 0 unspecified atom stereocenters. The van der Waals surface area contributed by atoms with E-state index >= 15 is 0 Å². The van der Waals surface area contributed by atoms with Crippen LogP contribution in [0.4, 0.5) is 10.6 Å². The third kappa shape index (κ3) is 5.51. The zero-order valence-corrected chi connectivity index (χ0v) is 15.5. The summed E-state index contributed by atoms with van der Waals surface area (Å²) in [6, 6.07) is 9.34. The molecule has 0 radical (unpaired) electrons. The maximum Gasteiger partial charge on any atom is 0.317 e. The molecule has 1 aliphatic rings. The fraction of sp³-hybridized carbons (Fsp3) is 0.400. The number of pyridine rings is 2. The maximum atomic E-state index is 12.3. The van der Waals surface area contributed by atoms with Gasteiger partial charge in [0.25, 0.3) is 0 Å². The van der Waals surface area contributed by atoms with Crippen molar-refractivity contribution >= 4 is 17.8 Å². The molecule has 2 aromatic rings. The van der Waals surface area contributed by atoms with E-state index in [1.807, 2.05) is 37.4 Å². The van der Waals surface area contributed by atoms with E-state index in [0.717, 1.165) is 17.7 Å². The second-order valence-corrected chi connectivity index (χ2v) is 6.76. The van der Waals surface area contributed by atoms with Gasteiger partial charge in [0.15, 0.2) is 0 Å². The summed E-state index contributed by atoms with van der Waals surface area (Å²) in [5.74, 6) is 0.448. The highest BCUT2D eigenvalue weighted by molar-refractivity contribution is 5.91. The molecule has 3 rings (SSSR count). The van der Waals surface area contributed by atoms with E-state index in [1.165, 1.54) is 0 Å². The number of urea groups is 1. The standard InChI is InChI=1S/C20H25N5O2/c1-15-5-6-16(14-23-15)7-11-22-20(27)25-12-8-17(9-13-25)19(26)24-18-4-2-3-10-21-18/h2-6,10,14,17H,7-9,11-13H2,1H3,(H,22,27)(H,21,24,26). The van der Waals surface area contributed by atoms with Crippen LogP contribution in [0.1, 0.15) is 24.1 Å². The summed E-state index contributed by atoms with van der Waals surface area (Å²) < 4.78 is 0. The minimum Gasteiger partial charge on any atom is -0.338 e. The first-order valence-corrected chi connectivity index (χ1v) is 9.28. The highest BCUT2D eigenvalue weighted by Gasteiger charge is 2.27. The van der Waals surface area contributed by atoms with Gasteiger partial charge in [0.1, 0.15) is 5.82 Å². The molecule has 0 bridgehead atoms. The number of aromatic nitrogens is 2. The molecule has 0 aliphatic carbocycles. The van der Waals surface area contributed by atoms with E-state index in [4.69, 9.17) is 0 Å².